The molecule has 1 fully saturated rings. The van der Waals surface area contributed by atoms with E-state index in [2.05, 4.69) is 0 Å². The normalized spacial score (nSPS) is 16.8. The van der Waals surface area contributed by atoms with Crippen LogP contribution in [0.2, 0.25) is 0 Å². The molecule has 0 radical (unpaired) electrons. The highest BCUT2D eigenvalue weighted by atomic mass is 35.5. The Morgan fingerprint density at radius 2 is 1.76 bits per heavy atom. The molecule has 0 spiro atoms. The Kier molecular flexibility index (Phi) is 5.11. The quantitative estimate of drug-likeness (QED) is 0.654. The van der Waals surface area contributed by atoms with E-state index in [0.29, 0.717) is 15.6 Å². The lowest BCUT2D eigenvalue weighted by atomic mass is 10.1. The van der Waals surface area contributed by atoms with Crippen LogP contribution >= 0.6 is 23.4 Å². The third kappa shape index (κ3) is 3.70. The molecule has 2 aromatic carbocycles. The number of anilines is 1. The van der Waals surface area contributed by atoms with Crippen LogP contribution in [0.25, 0.3) is 6.08 Å². The van der Waals surface area contributed by atoms with E-state index in [1.165, 1.54) is 4.90 Å². The summed E-state index contributed by atoms with van der Waals surface area (Å²) in [7, 11) is 0. The number of carbonyl (C=O) groups excluding carboxylic acids is 2. The van der Waals surface area contributed by atoms with Crippen LogP contribution < -0.4 is 4.90 Å². The average molecular weight is 370 g/mol. The zero-order chi connectivity index (χ0) is 18.0. The second-order valence-corrected chi connectivity index (χ2v) is 7.11. The Labute approximate surface area is 156 Å². The maximum Gasteiger partial charge on any atom is 0.298 e. The lowest BCUT2D eigenvalue weighted by Gasteiger charge is -2.16. The van der Waals surface area contributed by atoms with E-state index in [9.17, 15) is 9.59 Å². The van der Waals surface area contributed by atoms with Gasteiger partial charge in [0.25, 0.3) is 11.1 Å². The van der Waals surface area contributed by atoms with Crippen molar-refractivity contribution in [3.63, 3.8) is 0 Å². The molecular formula is C20H16ClNO2S. The third-order valence-electron chi connectivity index (χ3n) is 3.98. The Balaban J connectivity index is 1.91. The van der Waals surface area contributed by atoms with Crippen LogP contribution in [0.5, 0.6) is 0 Å². The highest BCUT2D eigenvalue weighted by Crippen LogP contribution is 2.37. The third-order valence-corrected chi connectivity index (χ3v) is 5.07. The number of imide groups is 1. The molecule has 3 nitrogen and oxygen atoms in total. The standard InChI is InChI=1S/C20H16ClNO2S/c1-13-7-6-10-17(14(13)2)22-19(23)18(25-20(22)24)12-16(21)11-15-8-4-3-5-9-15/h3-12H,1-2H3/b16-11-,18-12-. The number of rotatable bonds is 3. The minimum atomic E-state index is -0.344. The molecule has 0 unspecified atom stereocenters. The van der Waals surface area contributed by atoms with Crippen molar-refractivity contribution in [1.82, 2.24) is 0 Å². The van der Waals surface area contributed by atoms with E-state index < -0.39 is 0 Å². The second kappa shape index (κ2) is 7.30. The van der Waals surface area contributed by atoms with Gasteiger partial charge < -0.3 is 0 Å². The first-order chi connectivity index (χ1) is 12.0. The summed E-state index contributed by atoms with van der Waals surface area (Å²) in [6.45, 7) is 3.85. The van der Waals surface area contributed by atoms with Gasteiger partial charge in [-0.1, -0.05) is 54.1 Å². The van der Waals surface area contributed by atoms with Crippen LogP contribution in [0.4, 0.5) is 10.5 Å². The molecule has 1 aliphatic heterocycles. The zero-order valence-corrected chi connectivity index (χ0v) is 15.4. The fourth-order valence-corrected chi connectivity index (χ4v) is 3.65. The van der Waals surface area contributed by atoms with Crippen molar-refractivity contribution in [2.45, 2.75) is 13.8 Å². The van der Waals surface area contributed by atoms with E-state index in [1.54, 1.807) is 18.2 Å². The molecule has 0 atom stereocenters. The molecule has 1 aliphatic rings. The van der Waals surface area contributed by atoms with Gasteiger partial charge in [-0.15, -0.1) is 0 Å². The van der Waals surface area contributed by atoms with E-state index >= 15 is 0 Å². The number of amides is 2. The highest BCUT2D eigenvalue weighted by molar-refractivity contribution is 8.18. The van der Waals surface area contributed by atoms with Gasteiger partial charge in [0.1, 0.15) is 0 Å². The summed E-state index contributed by atoms with van der Waals surface area (Å²) in [4.78, 5) is 26.6. The summed E-state index contributed by atoms with van der Waals surface area (Å²) in [5.74, 6) is -0.344. The van der Waals surface area contributed by atoms with Crippen molar-refractivity contribution in [3.8, 4) is 0 Å². The van der Waals surface area contributed by atoms with Gasteiger partial charge in [-0.3, -0.25) is 9.59 Å². The Morgan fingerprint density at radius 3 is 2.48 bits per heavy atom. The smallest absolute Gasteiger partial charge is 0.268 e. The Morgan fingerprint density at radius 1 is 1.04 bits per heavy atom. The highest BCUT2D eigenvalue weighted by Gasteiger charge is 2.37. The molecule has 0 N–H and O–H groups in total. The first-order valence-electron chi connectivity index (χ1n) is 7.74. The molecule has 0 aliphatic carbocycles. The van der Waals surface area contributed by atoms with Crippen LogP contribution in [0, 0.1) is 13.8 Å². The average Bonchev–Trinajstić information content (AvgIpc) is 2.85. The number of carbonyl (C=O) groups is 2. The molecule has 0 saturated carbocycles. The summed E-state index contributed by atoms with van der Waals surface area (Å²) < 4.78 is 0. The van der Waals surface area contributed by atoms with Gasteiger partial charge in [-0.25, -0.2) is 4.90 Å². The molecule has 25 heavy (non-hydrogen) atoms. The molecule has 1 heterocycles. The first kappa shape index (κ1) is 17.5. The van der Waals surface area contributed by atoms with Crippen LogP contribution in [-0.4, -0.2) is 11.1 Å². The summed E-state index contributed by atoms with van der Waals surface area (Å²) >= 11 is 7.15. The molecule has 2 aromatic rings. The summed E-state index contributed by atoms with van der Waals surface area (Å²) in [5.41, 5.74) is 3.49. The van der Waals surface area contributed by atoms with Gasteiger partial charge in [0.2, 0.25) is 0 Å². The monoisotopic (exact) mass is 369 g/mol. The topological polar surface area (TPSA) is 37.4 Å². The number of thioether (sulfide) groups is 1. The van der Waals surface area contributed by atoms with Crippen molar-refractivity contribution < 1.29 is 9.59 Å². The van der Waals surface area contributed by atoms with Gasteiger partial charge in [0.15, 0.2) is 0 Å². The molecular weight excluding hydrogens is 354 g/mol. The van der Waals surface area contributed by atoms with Gasteiger partial charge in [-0.2, -0.15) is 0 Å². The summed E-state index contributed by atoms with van der Waals surface area (Å²) in [6.07, 6.45) is 3.30. The number of aryl methyl sites for hydroxylation is 1. The lowest BCUT2D eigenvalue weighted by Crippen LogP contribution is -2.28. The molecule has 5 heteroatoms. The van der Waals surface area contributed by atoms with Crippen LogP contribution in [0.1, 0.15) is 16.7 Å². The molecule has 3 rings (SSSR count). The van der Waals surface area contributed by atoms with E-state index in [-0.39, 0.29) is 11.1 Å². The number of hydrogen-bond acceptors (Lipinski definition) is 3. The van der Waals surface area contributed by atoms with Crippen LogP contribution in [0.3, 0.4) is 0 Å². The number of halogens is 1. The zero-order valence-electron chi connectivity index (χ0n) is 13.8. The van der Waals surface area contributed by atoms with Crippen molar-refractivity contribution in [1.29, 1.82) is 0 Å². The minimum absolute atomic E-state index is 0.311. The maximum absolute atomic E-state index is 12.7. The fraction of sp³-hybridized carbons (Fsp3) is 0.100. The van der Waals surface area contributed by atoms with Crippen molar-refractivity contribution in [2.24, 2.45) is 0 Å². The van der Waals surface area contributed by atoms with Gasteiger partial charge in [0, 0.05) is 5.03 Å². The number of nitrogens with zero attached hydrogens (tertiary/aromatic N) is 1. The number of benzene rings is 2. The van der Waals surface area contributed by atoms with Crippen molar-refractivity contribution in [2.75, 3.05) is 4.90 Å². The van der Waals surface area contributed by atoms with Gasteiger partial charge in [-0.05, 0) is 60.5 Å². The summed E-state index contributed by atoms with van der Waals surface area (Å²) in [5, 5.41) is 0.0896. The molecule has 1 saturated heterocycles. The number of hydrogen-bond donors (Lipinski definition) is 0. The molecule has 0 aromatic heterocycles. The van der Waals surface area contributed by atoms with Gasteiger partial charge in [0.05, 0.1) is 10.6 Å². The second-order valence-electron chi connectivity index (χ2n) is 5.68. The van der Waals surface area contributed by atoms with Crippen molar-refractivity contribution in [3.05, 3.63) is 81.2 Å². The van der Waals surface area contributed by atoms with E-state index in [4.69, 9.17) is 11.6 Å². The summed E-state index contributed by atoms with van der Waals surface area (Å²) in [6, 6.07) is 15.1. The molecule has 126 valence electrons. The first-order valence-corrected chi connectivity index (χ1v) is 8.93. The lowest BCUT2D eigenvalue weighted by molar-refractivity contribution is -0.113. The van der Waals surface area contributed by atoms with Gasteiger partial charge >= 0.3 is 0 Å². The maximum atomic E-state index is 12.7. The SMILES string of the molecule is Cc1cccc(N2C(=O)S/C(=C\C(Cl)=C\c3ccccc3)C2=O)c1C. The minimum Gasteiger partial charge on any atom is -0.268 e. The Hall–Kier alpha value is -2.30. The van der Waals surface area contributed by atoms with E-state index in [1.807, 2.05) is 56.3 Å². The largest absolute Gasteiger partial charge is 0.298 e. The van der Waals surface area contributed by atoms with E-state index in [0.717, 1.165) is 28.5 Å². The predicted molar refractivity (Wildman–Crippen MR) is 105 cm³/mol. The molecule has 2 amide bonds. The van der Waals surface area contributed by atoms with Crippen molar-refractivity contribution >= 4 is 46.3 Å². The van der Waals surface area contributed by atoms with Crippen LogP contribution in [-0.2, 0) is 4.79 Å². The number of allylic oxidation sites excluding steroid dienone is 2. The van der Waals surface area contributed by atoms with Crippen LogP contribution in [0.15, 0.2) is 64.5 Å². The molecule has 0 bridgehead atoms. The Bertz CT molecular complexity index is 903. The predicted octanol–water partition coefficient (Wildman–Crippen LogP) is 5.67. The fourth-order valence-electron chi connectivity index (χ4n) is 2.53.